The topological polar surface area (TPSA) is 119 Å². The molecule has 106 valence electrons. The van der Waals surface area contributed by atoms with E-state index in [-0.39, 0.29) is 17.1 Å². The highest BCUT2D eigenvalue weighted by atomic mass is 16.6. The number of benzene rings is 1. The normalized spacial score (nSPS) is 20.1. The van der Waals surface area contributed by atoms with Crippen molar-refractivity contribution < 1.29 is 24.4 Å². The molecule has 0 unspecified atom stereocenters. The number of methoxy groups -OCH3 is 1. The van der Waals surface area contributed by atoms with Crippen LogP contribution < -0.4 is 10.1 Å². The van der Waals surface area contributed by atoms with E-state index in [0.29, 0.717) is 6.42 Å². The van der Waals surface area contributed by atoms with E-state index >= 15 is 0 Å². The van der Waals surface area contributed by atoms with Crippen molar-refractivity contribution in [2.45, 2.75) is 6.42 Å². The zero-order valence-electron chi connectivity index (χ0n) is 10.5. The van der Waals surface area contributed by atoms with Crippen LogP contribution in [-0.2, 0) is 9.59 Å². The second-order valence-electron chi connectivity index (χ2n) is 4.42. The number of ether oxygens (including phenoxy) is 1. The Balaban J connectivity index is 2.11. The van der Waals surface area contributed by atoms with Crippen LogP contribution >= 0.6 is 0 Å². The van der Waals surface area contributed by atoms with Gasteiger partial charge in [0.05, 0.1) is 23.9 Å². The van der Waals surface area contributed by atoms with Gasteiger partial charge < -0.3 is 15.2 Å². The smallest absolute Gasteiger partial charge is 0.312 e. The predicted molar refractivity (Wildman–Crippen MR) is 67.5 cm³/mol. The maximum atomic E-state index is 11.7. The van der Waals surface area contributed by atoms with Crippen LogP contribution in [0.2, 0.25) is 0 Å². The third-order valence-electron chi connectivity index (χ3n) is 3.09. The lowest BCUT2D eigenvalue weighted by Crippen LogP contribution is -2.16. The summed E-state index contributed by atoms with van der Waals surface area (Å²) in [6, 6.07) is 4.01. The summed E-state index contributed by atoms with van der Waals surface area (Å²) in [6.07, 6.45) is 0.291. The van der Waals surface area contributed by atoms with Crippen LogP contribution in [0.4, 0.5) is 11.4 Å². The standard InChI is InChI=1S/C12H12N2O6/c1-20-10-3-2-6(4-9(10)14(18)19)13-11(15)7-5-8(7)12(16)17/h2-4,7-8H,5H2,1H3,(H,13,15)(H,16,17)/t7-,8+/m1/s1. The molecule has 2 rings (SSSR count). The molecule has 0 bridgehead atoms. The van der Waals surface area contributed by atoms with Gasteiger partial charge in [0, 0.05) is 11.8 Å². The summed E-state index contributed by atoms with van der Waals surface area (Å²) in [5, 5.41) is 22.1. The number of nitrogens with one attached hydrogen (secondary N) is 1. The van der Waals surface area contributed by atoms with Crippen LogP contribution in [0.15, 0.2) is 18.2 Å². The van der Waals surface area contributed by atoms with Crippen molar-refractivity contribution in [1.29, 1.82) is 0 Å². The van der Waals surface area contributed by atoms with E-state index in [0.717, 1.165) is 0 Å². The molecule has 0 radical (unpaired) electrons. The Bertz CT molecular complexity index is 585. The third-order valence-corrected chi connectivity index (χ3v) is 3.09. The first-order chi connectivity index (χ1) is 9.43. The Morgan fingerprint density at radius 2 is 2.15 bits per heavy atom. The first-order valence-corrected chi connectivity index (χ1v) is 5.80. The maximum absolute atomic E-state index is 11.7. The number of carbonyl (C=O) groups is 2. The number of amides is 1. The lowest BCUT2D eigenvalue weighted by molar-refractivity contribution is -0.385. The molecule has 1 aromatic rings. The van der Waals surface area contributed by atoms with E-state index in [1.54, 1.807) is 0 Å². The molecule has 8 nitrogen and oxygen atoms in total. The molecule has 0 aromatic heterocycles. The quantitative estimate of drug-likeness (QED) is 0.619. The third kappa shape index (κ3) is 2.68. The fourth-order valence-electron chi connectivity index (χ4n) is 1.90. The fourth-order valence-corrected chi connectivity index (χ4v) is 1.90. The number of hydrogen-bond donors (Lipinski definition) is 2. The Kier molecular flexibility index (Phi) is 3.55. The second-order valence-corrected chi connectivity index (χ2v) is 4.42. The number of aliphatic carboxylic acids is 1. The number of rotatable bonds is 5. The molecule has 0 saturated heterocycles. The fraction of sp³-hybridized carbons (Fsp3) is 0.333. The molecule has 1 fully saturated rings. The molecule has 1 aromatic carbocycles. The number of nitrogens with zero attached hydrogens (tertiary/aromatic N) is 1. The van der Waals surface area contributed by atoms with Gasteiger partial charge in [-0.2, -0.15) is 0 Å². The number of anilines is 1. The van der Waals surface area contributed by atoms with Gasteiger partial charge in [-0.1, -0.05) is 0 Å². The van der Waals surface area contributed by atoms with Crippen LogP contribution in [0.1, 0.15) is 6.42 Å². The van der Waals surface area contributed by atoms with Crippen molar-refractivity contribution in [2.24, 2.45) is 11.8 Å². The maximum Gasteiger partial charge on any atom is 0.312 e. The number of carboxylic acids is 1. The monoisotopic (exact) mass is 280 g/mol. The summed E-state index contributed by atoms with van der Waals surface area (Å²) in [6.45, 7) is 0. The summed E-state index contributed by atoms with van der Waals surface area (Å²) in [7, 11) is 1.31. The lowest BCUT2D eigenvalue weighted by atomic mass is 10.2. The van der Waals surface area contributed by atoms with Gasteiger partial charge in [-0.3, -0.25) is 19.7 Å². The van der Waals surface area contributed by atoms with Crippen molar-refractivity contribution in [1.82, 2.24) is 0 Å². The van der Waals surface area contributed by atoms with Crippen molar-refractivity contribution in [3.63, 3.8) is 0 Å². The first-order valence-electron chi connectivity index (χ1n) is 5.80. The minimum Gasteiger partial charge on any atom is -0.490 e. The van der Waals surface area contributed by atoms with Crippen LogP contribution in [0, 0.1) is 22.0 Å². The average molecular weight is 280 g/mol. The zero-order chi connectivity index (χ0) is 14.9. The molecular formula is C12H12N2O6. The molecule has 2 N–H and O–H groups in total. The van der Waals surface area contributed by atoms with Crippen LogP contribution in [0.3, 0.4) is 0 Å². The van der Waals surface area contributed by atoms with Crippen molar-refractivity contribution in [3.8, 4) is 5.75 Å². The average Bonchev–Trinajstić information content (AvgIpc) is 3.18. The van der Waals surface area contributed by atoms with Gasteiger partial charge in [0.2, 0.25) is 5.91 Å². The molecule has 0 spiro atoms. The molecule has 1 aliphatic carbocycles. The van der Waals surface area contributed by atoms with Crippen LogP contribution in [0.5, 0.6) is 5.75 Å². The number of nitro benzene ring substituents is 1. The molecule has 1 saturated carbocycles. The van der Waals surface area contributed by atoms with E-state index in [1.165, 1.54) is 25.3 Å². The summed E-state index contributed by atoms with van der Waals surface area (Å²) in [5.74, 6) is -2.61. The molecule has 20 heavy (non-hydrogen) atoms. The molecule has 1 aliphatic rings. The number of carbonyl (C=O) groups excluding carboxylic acids is 1. The van der Waals surface area contributed by atoms with E-state index < -0.39 is 28.6 Å². The summed E-state index contributed by atoms with van der Waals surface area (Å²) >= 11 is 0. The van der Waals surface area contributed by atoms with Gasteiger partial charge >= 0.3 is 11.7 Å². The van der Waals surface area contributed by atoms with E-state index in [2.05, 4.69) is 5.32 Å². The van der Waals surface area contributed by atoms with Gasteiger partial charge in [-0.05, 0) is 18.6 Å². The number of carboxylic acid groups (broad SMARTS) is 1. The SMILES string of the molecule is COc1ccc(NC(=O)[C@@H]2C[C@@H]2C(=O)O)cc1[N+](=O)[O-]. The highest BCUT2D eigenvalue weighted by Gasteiger charge is 2.48. The van der Waals surface area contributed by atoms with Gasteiger partial charge in [-0.25, -0.2) is 0 Å². The first kappa shape index (κ1) is 13.8. The highest BCUT2D eigenvalue weighted by Crippen LogP contribution is 2.39. The van der Waals surface area contributed by atoms with Gasteiger partial charge in [-0.15, -0.1) is 0 Å². The molecule has 1 amide bonds. The van der Waals surface area contributed by atoms with Crippen molar-refractivity contribution >= 4 is 23.3 Å². The second kappa shape index (κ2) is 5.16. The van der Waals surface area contributed by atoms with Crippen molar-refractivity contribution in [2.75, 3.05) is 12.4 Å². The van der Waals surface area contributed by atoms with Crippen LogP contribution in [-0.4, -0.2) is 29.0 Å². The largest absolute Gasteiger partial charge is 0.490 e. The highest BCUT2D eigenvalue weighted by molar-refractivity contribution is 5.98. The summed E-state index contributed by atoms with van der Waals surface area (Å²) < 4.78 is 4.84. The molecule has 0 heterocycles. The van der Waals surface area contributed by atoms with Crippen LogP contribution in [0.25, 0.3) is 0 Å². The molecular weight excluding hydrogens is 268 g/mol. The van der Waals surface area contributed by atoms with Gasteiger partial charge in [0.25, 0.3) is 0 Å². The Morgan fingerprint density at radius 3 is 2.65 bits per heavy atom. The lowest BCUT2D eigenvalue weighted by Gasteiger charge is -2.06. The Labute approximate surface area is 113 Å². The summed E-state index contributed by atoms with van der Waals surface area (Å²) in [4.78, 5) is 32.6. The number of hydrogen-bond acceptors (Lipinski definition) is 5. The van der Waals surface area contributed by atoms with E-state index in [1.807, 2.05) is 0 Å². The zero-order valence-corrected chi connectivity index (χ0v) is 10.5. The summed E-state index contributed by atoms with van der Waals surface area (Å²) in [5.41, 5.74) is -0.0329. The molecule has 8 heteroatoms. The van der Waals surface area contributed by atoms with Crippen molar-refractivity contribution in [3.05, 3.63) is 28.3 Å². The minimum absolute atomic E-state index is 0.0860. The van der Waals surface area contributed by atoms with E-state index in [4.69, 9.17) is 9.84 Å². The molecule has 0 aliphatic heterocycles. The number of nitro groups is 1. The Morgan fingerprint density at radius 1 is 1.45 bits per heavy atom. The van der Waals surface area contributed by atoms with E-state index in [9.17, 15) is 19.7 Å². The minimum atomic E-state index is -1.01. The molecule has 2 atom stereocenters. The van der Waals surface area contributed by atoms with Gasteiger partial charge in [0.15, 0.2) is 5.75 Å². The Hall–Kier alpha value is -2.64. The predicted octanol–water partition coefficient (Wildman–Crippen LogP) is 1.26. The van der Waals surface area contributed by atoms with Gasteiger partial charge in [0.1, 0.15) is 0 Å².